The van der Waals surface area contributed by atoms with E-state index in [1.165, 1.54) is 24.4 Å². The van der Waals surface area contributed by atoms with Crippen LogP contribution in [0.25, 0.3) is 11.4 Å². The quantitative estimate of drug-likeness (QED) is 0.259. The number of H-pyrrole nitrogens is 1. The van der Waals surface area contributed by atoms with Gasteiger partial charge >= 0.3 is 0 Å². The molecule has 0 aliphatic rings. The molecule has 0 saturated heterocycles. The molecule has 8 nitrogen and oxygen atoms in total. The molecule has 0 saturated carbocycles. The fraction of sp³-hybridized carbons (Fsp3) is 0. The van der Waals surface area contributed by atoms with Crippen LogP contribution >= 0.6 is 11.8 Å². The van der Waals surface area contributed by atoms with Crippen LogP contribution in [-0.4, -0.2) is 31.4 Å². The van der Waals surface area contributed by atoms with E-state index in [-0.39, 0.29) is 11.4 Å². The molecular formula is C21H15N5O3S. The fourth-order valence-corrected chi connectivity index (χ4v) is 3.45. The highest BCUT2D eigenvalue weighted by Crippen LogP contribution is 2.34. The van der Waals surface area contributed by atoms with Gasteiger partial charge in [0.2, 0.25) is 5.16 Å². The number of benzene rings is 3. The molecule has 0 atom stereocenters. The Balaban J connectivity index is 1.56. The number of aliphatic imine (C=N–C) groups is 1. The predicted octanol–water partition coefficient (Wildman–Crippen LogP) is 4.99. The lowest BCUT2D eigenvalue weighted by Crippen LogP contribution is -1.93. The zero-order valence-electron chi connectivity index (χ0n) is 15.5. The number of phenolic OH excluding ortho intramolecular Hbond substituents is 1. The minimum Gasteiger partial charge on any atom is -0.508 e. The maximum atomic E-state index is 11.6. The third-order valence-corrected chi connectivity index (χ3v) is 5.04. The molecule has 1 aromatic heterocycles. The second-order valence-electron chi connectivity index (χ2n) is 6.19. The van der Waals surface area contributed by atoms with Crippen molar-refractivity contribution in [3.8, 4) is 17.1 Å². The number of nitrogens with one attached hydrogen (secondary N) is 1. The van der Waals surface area contributed by atoms with Crippen LogP contribution in [-0.2, 0) is 0 Å². The number of nitrogens with zero attached hydrogens (tertiary/aromatic N) is 4. The molecule has 4 rings (SSSR count). The summed E-state index contributed by atoms with van der Waals surface area (Å²) < 4.78 is 0. The van der Waals surface area contributed by atoms with Crippen LogP contribution in [0.4, 0.5) is 11.4 Å². The van der Waals surface area contributed by atoms with E-state index in [2.05, 4.69) is 20.2 Å². The minimum absolute atomic E-state index is 0.0549. The Morgan fingerprint density at radius 3 is 2.57 bits per heavy atom. The Labute approximate surface area is 175 Å². The molecule has 0 bridgehead atoms. The average molecular weight is 417 g/mol. The van der Waals surface area contributed by atoms with Crippen LogP contribution in [0, 0.1) is 10.1 Å². The van der Waals surface area contributed by atoms with E-state index in [1.807, 2.05) is 30.3 Å². The van der Waals surface area contributed by atoms with Gasteiger partial charge in [0, 0.05) is 17.8 Å². The van der Waals surface area contributed by atoms with Gasteiger partial charge in [-0.1, -0.05) is 36.4 Å². The van der Waals surface area contributed by atoms with Gasteiger partial charge in [-0.05, 0) is 47.7 Å². The molecule has 4 aromatic rings. The standard InChI is InChI=1S/C21H15N5O3S/c27-17-9-7-16(8-10-17)22-13-14-6-11-19(18(12-14)26(28)29)30-21-23-20(24-25-21)15-4-2-1-3-5-15/h1-13,27H,(H,23,24,25). The van der Waals surface area contributed by atoms with Gasteiger partial charge < -0.3 is 5.11 Å². The summed E-state index contributed by atoms with van der Waals surface area (Å²) in [5, 5.41) is 28.3. The molecule has 30 heavy (non-hydrogen) atoms. The summed E-state index contributed by atoms with van der Waals surface area (Å²) >= 11 is 1.12. The van der Waals surface area contributed by atoms with Gasteiger partial charge in [0.15, 0.2) is 5.82 Å². The first-order valence-corrected chi connectivity index (χ1v) is 9.67. The van der Waals surface area contributed by atoms with Crippen LogP contribution in [0.2, 0.25) is 0 Å². The first-order chi connectivity index (χ1) is 14.6. The number of hydrogen-bond acceptors (Lipinski definition) is 7. The highest BCUT2D eigenvalue weighted by molar-refractivity contribution is 7.99. The summed E-state index contributed by atoms with van der Waals surface area (Å²) in [6, 6.07) is 20.7. The van der Waals surface area contributed by atoms with Gasteiger partial charge in [0.25, 0.3) is 5.69 Å². The Hall–Kier alpha value is -3.98. The van der Waals surface area contributed by atoms with Crippen molar-refractivity contribution in [3.63, 3.8) is 0 Å². The number of phenols is 1. The number of hydrogen-bond donors (Lipinski definition) is 2. The van der Waals surface area contributed by atoms with E-state index in [0.29, 0.717) is 27.1 Å². The van der Waals surface area contributed by atoms with Crippen LogP contribution in [0.1, 0.15) is 5.56 Å². The zero-order chi connectivity index (χ0) is 20.9. The highest BCUT2D eigenvalue weighted by atomic mass is 32.2. The van der Waals surface area contributed by atoms with Gasteiger partial charge in [-0.15, -0.1) is 5.10 Å². The van der Waals surface area contributed by atoms with Gasteiger partial charge in [-0.3, -0.25) is 20.2 Å². The normalized spacial score (nSPS) is 11.1. The lowest BCUT2D eigenvalue weighted by Gasteiger charge is -2.01. The van der Waals surface area contributed by atoms with Crippen LogP contribution < -0.4 is 0 Å². The highest BCUT2D eigenvalue weighted by Gasteiger charge is 2.18. The topological polar surface area (TPSA) is 117 Å². The van der Waals surface area contributed by atoms with E-state index in [4.69, 9.17) is 0 Å². The molecule has 0 spiro atoms. The maximum Gasteiger partial charge on any atom is 0.283 e. The third kappa shape index (κ3) is 4.53. The number of nitro benzene ring substituents is 1. The number of aromatic nitrogens is 3. The predicted molar refractivity (Wildman–Crippen MR) is 114 cm³/mol. The van der Waals surface area contributed by atoms with Gasteiger partial charge in [0.05, 0.1) is 15.5 Å². The summed E-state index contributed by atoms with van der Waals surface area (Å²) in [5.41, 5.74) is 2.04. The van der Waals surface area contributed by atoms with Crippen LogP contribution in [0.3, 0.4) is 0 Å². The van der Waals surface area contributed by atoms with Gasteiger partial charge in [-0.25, -0.2) is 4.98 Å². The molecule has 9 heteroatoms. The van der Waals surface area contributed by atoms with E-state index in [0.717, 1.165) is 17.3 Å². The summed E-state index contributed by atoms with van der Waals surface area (Å²) in [6.07, 6.45) is 1.54. The van der Waals surface area contributed by atoms with E-state index >= 15 is 0 Å². The number of nitro groups is 1. The Kier molecular flexibility index (Phi) is 5.53. The monoisotopic (exact) mass is 417 g/mol. The van der Waals surface area contributed by atoms with Crippen molar-refractivity contribution in [1.29, 1.82) is 0 Å². The van der Waals surface area contributed by atoms with E-state index < -0.39 is 4.92 Å². The number of aromatic amines is 1. The fourth-order valence-electron chi connectivity index (χ4n) is 2.65. The molecule has 0 radical (unpaired) electrons. The van der Waals surface area contributed by atoms with Crippen LogP contribution in [0.5, 0.6) is 5.75 Å². The second kappa shape index (κ2) is 8.58. The summed E-state index contributed by atoms with van der Waals surface area (Å²) in [4.78, 5) is 20.2. The smallest absolute Gasteiger partial charge is 0.283 e. The molecule has 0 aliphatic carbocycles. The average Bonchev–Trinajstić information content (AvgIpc) is 3.23. The molecule has 0 amide bonds. The van der Waals surface area contributed by atoms with Crippen molar-refractivity contribution in [3.05, 3.63) is 88.5 Å². The Morgan fingerprint density at radius 1 is 1.07 bits per heavy atom. The van der Waals surface area contributed by atoms with Crippen molar-refractivity contribution in [1.82, 2.24) is 15.2 Å². The van der Waals surface area contributed by atoms with Crippen LogP contribution in [0.15, 0.2) is 87.8 Å². The molecule has 2 N–H and O–H groups in total. The molecule has 0 unspecified atom stereocenters. The van der Waals surface area contributed by atoms with Crippen molar-refractivity contribution in [2.24, 2.45) is 4.99 Å². The largest absolute Gasteiger partial charge is 0.508 e. The van der Waals surface area contributed by atoms with E-state index in [1.54, 1.807) is 24.3 Å². The molecule has 3 aromatic carbocycles. The van der Waals surface area contributed by atoms with Crippen molar-refractivity contribution in [2.45, 2.75) is 10.1 Å². The van der Waals surface area contributed by atoms with Crippen molar-refractivity contribution >= 4 is 29.4 Å². The first-order valence-electron chi connectivity index (χ1n) is 8.86. The summed E-state index contributed by atoms with van der Waals surface area (Å²) in [5.74, 6) is 0.742. The molecule has 0 fully saturated rings. The minimum atomic E-state index is -0.439. The summed E-state index contributed by atoms with van der Waals surface area (Å²) in [6.45, 7) is 0. The SMILES string of the molecule is O=[N+]([O-])c1cc(C=Nc2ccc(O)cc2)ccc1Sc1n[nH]c(-c2ccccc2)n1. The zero-order valence-corrected chi connectivity index (χ0v) is 16.3. The second-order valence-corrected chi connectivity index (χ2v) is 7.20. The van der Waals surface area contributed by atoms with E-state index in [9.17, 15) is 15.2 Å². The maximum absolute atomic E-state index is 11.6. The van der Waals surface area contributed by atoms with Gasteiger partial charge in [0.1, 0.15) is 5.75 Å². The number of rotatable bonds is 6. The van der Waals surface area contributed by atoms with Gasteiger partial charge in [-0.2, -0.15) is 0 Å². The molecule has 0 aliphatic heterocycles. The first kappa shape index (κ1) is 19.3. The third-order valence-electron chi connectivity index (χ3n) is 4.11. The Morgan fingerprint density at radius 2 is 1.83 bits per heavy atom. The molecule has 1 heterocycles. The Bertz CT molecular complexity index is 1210. The number of aromatic hydroxyl groups is 1. The molecular weight excluding hydrogens is 402 g/mol. The molecule has 148 valence electrons. The van der Waals surface area contributed by atoms with Crippen molar-refractivity contribution in [2.75, 3.05) is 0 Å². The van der Waals surface area contributed by atoms with Crippen molar-refractivity contribution < 1.29 is 10.0 Å². The summed E-state index contributed by atoms with van der Waals surface area (Å²) in [7, 11) is 0. The lowest BCUT2D eigenvalue weighted by molar-refractivity contribution is -0.387. The lowest BCUT2D eigenvalue weighted by atomic mass is 10.2.